The van der Waals surface area contributed by atoms with Gasteiger partial charge < -0.3 is 14.5 Å². The Bertz CT molecular complexity index is 305. The van der Waals surface area contributed by atoms with E-state index in [1.807, 2.05) is 6.07 Å². The van der Waals surface area contributed by atoms with E-state index in [2.05, 4.69) is 5.32 Å². The average molecular weight is 207 g/mol. The van der Waals surface area contributed by atoms with E-state index in [0.29, 0.717) is 12.1 Å². The van der Waals surface area contributed by atoms with Gasteiger partial charge in [-0.05, 0) is 31.2 Å². The van der Waals surface area contributed by atoms with Crippen LogP contribution in [0.4, 0.5) is 0 Å². The highest BCUT2D eigenvalue weighted by atomic mass is 16.5. The molecule has 3 rings (SSSR count). The second kappa shape index (κ2) is 3.99. The van der Waals surface area contributed by atoms with Crippen LogP contribution in [0.25, 0.3) is 0 Å². The Labute approximate surface area is 89.8 Å². The summed E-state index contributed by atoms with van der Waals surface area (Å²) in [7, 11) is 0. The van der Waals surface area contributed by atoms with Crippen LogP contribution in [0.5, 0.6) is 0 Å². The van der Waals surface area contributed by atoms with E-state index in [1.165, 1.54) is 18.4 Å². The van der Waals surface area contributed by atoms with Crippen molar-refractivity contribution >= 4 is 0 Å². The van der Waals surface area contributed by atoms with E-state index in [0.717, 1.165) is 25.5 Å². The van der Waals surface area contributed by atoms with Gasteiger partial charge in [0.25, 0.3) is 0 Å². The van der Waals surface area contributed by atoms with E-state index in [-0.39, 0.29) is 0 Å². The van der Waals surface area contributed by atoms with Gasteiger partial charge in [-0.15, -0.1) is 0 Å². The standard InChI is InChI=1S/C12H17NO2/c1-2-10(1)12-11(4-6-15-12)13-7-9-3-5-14-8-9/h3,5,8,10-13H,1-2,4,6-7H2. The van der Waals surface area contributed by atoms with Crippen LogP contribution in [0, 0.1) is 5.92 Å². The third-order valence-corrected chi connectivity index (χ3v) is 3.37. The third-order valence-electron chi connectivity index (χ3n) is 3.37. The highest BCUT2D eigenvalue weighted by molar-refractivity contribution is 5.05. The molecule has 1 saturated heterocycles. The second-order valence-corrected chi connectivity index (χ2v) is 4.58. The summed E-state index contributed by atoms with van der Waals surface area (Å²) in [6.07, 6.45) is 7.86. The van der Waals surface area contributed by atoms with Gasteiger partial charge in [0.05, 0.1) is 18.6 Å². The van der Waals surface area contributed by atoms with Crippen molar-refractivity contribution in [1.82, 2.24) is 5.32 Å². The molecular weight excluding hydrogens is 190 g/mol. The molecule has 3 nitrogen and oxygen atoms in total. The van der Waals surface area contributed by atoms with E-state index in [1.54, 1.807) is 12.5 Å². The molecule has 1 N–H and O–H groups in total. The van der Waals surface area contributed by atoms with Crippen LogP contribution in [0.3, 0.4) is 0 Å². The molecule has 2 fully saturated rings. The van der Waals surface area contributed by atoms with Gasteiger partial charge in [0, 0.05) is 24.8 Å². The molecule has 0 radical (unpaired) electrons. The topological polar surface area (TPSA) is 34.4 Å². The van der Waals surface area contributed by atoms with Crippen molar-refractivity contribution in [2.45, 2.75) is 38.0 Å². The first-order valence-electron chi connectivity index (χ1n) is 5.79. The predicted octanol–water partition coefficient (Wildman–Crippen LogP) is 1.94. The smallest absolute Gasteiger partial charge is 0.0947 e. The molecule has 82 valence electrons. The molecule has 2 atom stereocenters. The zero-order valence-electron chi connectivity index (χ0n) is 8.82. The Morgan fingerprint density at radius 1 is 1.33 bits per heavy atom. The fourth-order valence-electron chi connectivity index (χ4n) is 2.36. The minimum Gasteiger partial charge on any atom is -0.472 e. The number of ether oxygens (including phenoxy) is 1. The van der Waals surface area contributed by atoms with Crippen LogP contribution < -0.4 is 5.32 Å². The van der Waals surface area contributed by atoms with Crippen LogP contribution in [-0.4, -0.2) is 18.8 Å². The molecule has 1 saturated carbocycles. The first-order chi connectivity index (χ1) is 7.43. The molecule has 1 aliphatic heterocycles. The molecule has 0 amide bonds. The predicted molar refractivity (Wildman–Crippen MR) is 56.4 cm³/mol. The highest BCUT2D eigenvalue weighted by Gasteiger charge is 2.40. The van der Waals surface area contributed by atoms with Gasteiger partial charge in [-0.3, -0.25) is 0 Å². The molecule has 1 aliphatic carbocycles. The van der Waals surface area contributed by atoms with Crippen molar-refractivity contribution in [3.05, 3.63) is 24.2 Å². The minimum absolute atomic E-state index is 0.469. The summed E-state index contributed by atoms with van der Waals surface area (Å²) >= 11 is 0. The quantitative estimate of drug-likeness (QED) is 0.819. The van der Waals surface area contributed by atoms with Crippen molar-refractivity contribution in [2.75, 3.05) is 6.61 Å². The molecule has 1 aromatic heterocycles. The second-order valence-electron chi connectivity index (χ2n) is 4.58. The lowest BCUT2D eigenvalue weighted by Gasteiger charge is -2.18. The third kappa shape index (κ3) is 2.08. The Morgan fingerprint density at radius 2 is 2.27 bits per heavy atom. The minimum atomic E-state index is 0.469. The van der Waals surface area contributed by atoms with E-state index in [4.69, 9.17) is 9.15 Å². The van der Waals surface area contributed by atoms with Crippen LogP contribution in [0.15, 0.2) is 23.0 Å². The fourth-order valence-corrected chi connectivity index (χ4v) is 2.36. The summed E-state index contributed by atoms with van der Waals surface area (Å²) in [6.45, 7) is 1.82. The molecule has 2 aliphatic rings. The first-order valence-corrected chi connectivity index (χ1v) is 5.79. The maximum absolute atomic E-state index is 5.77. The Balaban J connectivity index is 1.53. The average Bonchev–Trinajstić information content (AvgIpc) is 2.81. The van der Waals surface area contributed by atoms with Gasteiger partial charge in [0.1, 0.15) is 0 Å². The normalized spacial score (nSPS) is 30.9. The zero-order valence-corrected chi connectivity index (χ0v) is 8.82. The molecule has 2 unspecified atom stereocenters. The van der Waals surface area contributed by atoms with Crippen molar-refractivity contribution in [1.29, 1.82) is 0 Å². The summed E-state index contributed by atoms with van der Waals surface area (Å²) in [4.78, 5) is 0. The molecule has 3 heteroatoms. The maximum Gasteiger partial charge on any atom is 0.0947 e. The van der Waals surface area contributed by atoms with Crippen molar-refractivity contribution < 1.29 is 9.15 Å². The van der Waals surface area contributed by atoms with Crippen molar-refractivity contribution in [3.8, 4) is 0 Å². The molecule has 0 spiro atoms. The van der Waals surface area contributed by atoms with Crippen LogP contribution in [0.2, 0.25) is 0 Å². The summed E-state index contributed by atoms with van der Waals surface area (Å²) < 4.78 is 10.8. The van der Waals surface area contributed by atoms with Gasteiger partial charge in [-0.25, -0.2) is 0 Å². The zero-order chi connectivity index (χ0) is 10.1. The van der Waals surface area contributed by atoms with Crippen LogP contribution in [-0.2, 0) is 11.3 Å². The summed E-state index contributed by atoms with van der Waals surface area (Å²) in [6, 6.07) is 2.56. The van der Waals surface area contributed by atoms with E-state index < -0.39 is 0 Å². The number of furan rings is 1. The Morgan fingerprint density at radius 3 is 3.00 bits per heavy atom. The van der Waals surface area contributed by atoms with Crippen molar-refractivity contribution in [2.24, 2.45) is 5.92 Å². The first kappa shape index (κ1) is 9.43. The van der Waals surface area contributed by atoms with Gasteiger partial charge in [-0.1, -0.05) is 0 Å². The van der Waals surface area contributed by atoms with Crippen LogP contribution >= 0.6 is 0 Å². The molecular formula is C12H17NO2. The van der Waals surface area contributed by atoms with Gasteiger partial charge >= 0.3 is 0 Å². The fraction of sp³-hybridized carbons (Fsp3) is 0.667. The number of hydrogen-bond acceptors (Lipinski definition) is 3. The molecule has 2 heterocycles. The molecule has 0 bridgehead atoms. The lowest BCUT2D eigenvalue weighted by atomic mass is 10.1. The van der Waals surface area contributed by atoms with Gasteiger partial charge in [0.15, 0.2) is 0 Å². The highest BCUT2D eigenvalue weighted by Crippen LogP contribution is 2.38. The lowest BCUT2D eigenvalue weighted by Crippen LogP contribution is -2.37. The van der Waals surface area contributed by atoms with Crippen molar-refractivity contribution in [3.63, 3.8) is 0 Å². The van der Waals surface area contributed by atoms with E-state index in [9.17, 15) is 0 Å². The van der Waals surface area contributed by atoms with E-state index >= 15 is 0 Å². The molecule has 15 heavy (non-hydrogen) atoms. The maximum atomic E-state index is 5.77. The Kier molecular flexibility index (Phi) is 2.51. The Hall–Kier alpha value is -0.800. The largest absolute Gasteiger partial charge is 0.472 e. The summed E-state index contributed by atoms with van der Waals surface area (Å²) in [5, 5.41) is 3.57. The SMILES string of the molecule is c1cc(CNC2CCOC2C2CC2)co1. The molecule has 0 aromatic carbocycles. The number of nitrogens with one attached hydrogen (secondary N) is 1. The molecule has 1 aromatic rings. The van der Waals surface area contributed by atoms with Gasteiger partial charge in [-0.2, -0.15) is 0 Å². The summed E-state index contributed by atoms with van der Waals surface area (Å²) in [5.74, 6) is 0.828. The van der Waals surface area contributed by atoms with Gasteiger partial charge in [0.2, 0.25) is 0 Å². The summed E-state index contributed by atoms with van der Waals surface area (Å²) in [5.41, 5.74) is 1.22. The monoisotopic (exact) mass is 207 g/mol. The number of rotatable bonds is 4. The lowest BCUT2D eigenvalue weighted by molar-refractivity contribution is 0.0809. The van der Waals surface area contributed by atoms with Crippen LogP contribution in [0.1, 0.15) is 24.8 Å². The number of hydrogen-bond donors (Lipinski definition) is 1.